The predicted molar refractivity (Wildman–Crippen MR) is 97.4 cm³/mol. The summed E-state index contributed by atoms with van der Waals surface area (Å²) in [6, 6.07) is 3.49. The van der Waals surface area contributed by atoms with Crippen LogP contribution in [0.1, 0.15) is 40.5 Å². The van der Waals surface area contributed by atoms with Crippen LogP contribution < -0.4 is 14.8 Å². The van der Waals surface area contributed by atoms with Gasteiger partial charge in [-0.25, -0.2) is 0 Å². The number of nitrogens with one attached hydrogen (secondary N) is 1. The van der Waals surface area contributed by atoms with Gasteiger partial charge >= 0.3 is 0 Å². The van der Waals surface area contributed by atoms with E-state index in [1.807, 2.05) is 26.1 Å². The number of amides is 1. The van der Waals surface area contributed by atoms with Gasteiger partial charge in [-0.1, -0.05) is 12.2 Å². The largest absolute Gasteiger partial charge is 0.493 e. The second kappa shape index (κ2) is 7.01. The molecule has 0 saturated heterocycles. The van der Waals surface area contributed by atoms with Crippen LogP contribution in [0.15, 0.2) is 18.2 Å². The zero-order valence-electron chi connectivity index (χ0n) is 15.0. The number of rotatable bonds is 5. The van der Waals surface area contributed by atoms with Gasteiger partial charge in [0, 0.05) is 23.7 Å². The molecule has 1 amide bonds. The van der Waals surface area contributed by atoms with Crippen molar-refractivity contribution in [1.29, 1.82) is 0 Å². The van der Waals surface area contributed by atoms with Gasteiger partial charge in [-0.3, -0.25) is 9.48 Å². The van der Waals surface area contributed by atoms with Crippen molar-refractivity contribution in [3.63, 3.8) is 0 Å². The van der Waals surface area contributed by atoms with Gasteiger partial charge in [0.05, 0.1) is 19.9 Å². The molecular formula is C19H23N3O3. The lowest BCUT2D eigenvalue weighted by molar-refractivity contribution is 0.102. The molecule has 1 aromatic carbocycles. The topological polar surface area (TPSA) is 65.4 Å². The Morgan fingerprint density at radius 2 is 2.08 bits per heavy atom. The van der Waals surface area contributed by atoms with E-state index in [0.717, 1.165) is 41.9 Å². The Bertz CT molecular complexity index is 837. The highest BCUT2D eigenvalue weighted by atomic mass is 16.5. The minimum absolute atomic E-state index is 0.190. The number of anilines is 1. The average molecular weight is 341 g/mol. The molecule has 2 aromatic rings. The summed E-state index contributed by atoms with van der Waals surface area (Å²) in [5.41, 5.74) is 3.54. The number of carbonyl (C=O) groups excluding carboxylic acids is 1. The predicted octanol–water partition coefficient (Wildman–Crippen LogP) is 3.21. The number of aromatic nitrogens is 2. The van der Waals surface area contributed by atoms with E-state index in [-0.39, 0.29) is 5.91 Å². The van der Waals surface area contributed by atoms with Crippen LogP contribution in [0.25, 0.3) is 6.08 Å². The number of carbonyl (C=O) groups is 1. The number of hydrogen-bond donors (Lipinski definition) is 1. The molecule has 0 aliphatic heterocycles. The summed E-state index contributed by atoms with van der Waals surface area (Å²) in [5, 5.41) is 7.50. The van der Waals surface area contributed by atoms with Crippen molar-refractivity contribution in [2.24, 2.45) is 7.05 Å². The van der Waals surface area contributed by atoms with E-state index in [1.165, 1.54) is 0 Å². The lowest BCUT2D eigenvalue weighted by atomic mass is 10.1. The fourth-order valence-electron chi connectivity index (χ4n) is 3.28. The smallest absolute Gasteiger partial charge is 0.256 e. The van der Waals surface area contributed by atoms with E-state index >= 15 is 0 Å². The number of hydrogen-bond acceptors (Lipinski definition) is 4. The molecule has 1 heterocycles. The van der Waals surface area contributed by atoms with Crippen LogP contribution >= 0.6 is 0 Å². The Morgan fingerprint density at radius 1 is 1.28 bits per heavy atom. The van der Waals surface area contributed by atoms with Crippen LogP contribution in [0.3, 0.4) is 0 Å². The number of methoxy groups -OCH3 is 2. The molecule has 1 aliphatic carbocycles. The first-order valence-corrected chi connectivity index (χ1v) is 8.33. The van der Waals surface area contributed by atoms with E-state index in [9.17, 15) is 4.79 Å². The molecule has 0 fully saturated rings. The number of nitrogens with zero attached hydrogens (tertiary/aromatic N) is 2. The maximum atomic E-state index is 12.8. The van der Waals surface area contributed by atoms with Crippen molar-refractivity contribution in [2.75, 3.05) is 19.5 Å². The van der Waals surface area contributed by atoms with Gasteiger partial charge in [-0.05, 0) is 38.3 Å². The van der Waals surface area contributed by atoms with Crippen molar-refractivity contribution in [3.05, 3.63) is 40.6 Å². The summed E-state index contributed by atoms with van der Waals surface area (Å²) in [4.78, 5) is 12.8. The molecule has 25 heavy (non-hydrogen) atoms. The summed E-state index contributed by atoms with van der Waals surface area (Å²) < 4.78 is 12.6. The third kappa shape index (κ3) is 3.12. The molecule has 0 radical (unpaired) electrons. The zero-order valence-corrected chi connectivity index (χ0v) is 15.0. The zero-order chi connectivity index (χ0) is 18.0. The maximum absolute atomic E-state index is 12.8. The molecule has 1 N–H and O–H groups in total. The van der Waals surface area contributed by atoms with Crippen molar-refractivity contribution in [3.8, 4) is 11.5 Å². The fourth-order valence-corrected chi connectivity index (χ4v) is 3.28. The normalized spacial score (nSPS) is 13.1. The van der Waals surface area contributed by atoms with Crippen molar-refractivity contribution in [1.82, 2.24) is 9.78 Å². The molecule has 0 unspecified atom stereocenters. The number of aryl methyl sites for hydroxylation is 2. The number of fused-ring (bicyclic) bond motifs is 1. The minimum Gasteiger partial charge on any atom is -0.493 e. The van der Waals surface area contributed by atoms with Gasteiger partial charge < -0.3 is 14.8 Å². The van der Waals surface area contributed by atoms with Crippen LogP contribution in [-0.4, -0.2) is 29.9 Å². The van der Waals surface area contributed by atoms with Gasteiger partial charge in [0.15, 0.2) is 11.5 Å². The highest BCUT2D eigenvalue weighted by molar-refractivity contribution is 6.05. The second-order valence-corrected chi connectivity index (χ2v) is 6.01. The SMILES string of the molecule is C/C=C/c1cc(C(=O)Nc2c3c(nn2C)CCC3)cc(OC)c1OC. The van der Waals surface area contributed by atoms with Crippen LogP contribution in [0, 0.1) is 0 Å². The third-order valence-electron chi connectivity index (χ3n) is 4.42. The van der Waals surface area contributed by atoms with E-state index in [2.05, 4.69) is 10.4 Å². The molecule has 6 nitrogen and oxygen atoms in total. The molecule has 0 atom stereocenters. The van der Waals surface area contributed by atoms with Crippen LogP contribution in [0.5, 0.6) is 11.5 Å². The highest BCUT2D eigenvalue weighted by Gasteiger charge is 2.23. The van der Waals surface area contributed by atoms with Crippen molar-refractivity contribution in [2.45, 2.75) is 26.2 Å². The Morgan fingerprint density at radius 3 is 2.76 bits per heavy atom. The molecule has 6 heteroatoms. The molecule has 132 valence electrons. The first-order chi connectivity index (χ1) is 12.1. The highest BCUT2D eigenvalue weighted by Crippen LogP contribution is 2.34. The van der Waals surface area contributed by atoms with E-state index in [4.69, 9.17) is 9.47 Å². The Kier molecular flexibility index (Phi) is 4.79. The summed E-state index contributed by atoms with van der Waals surface area (Å²) in [5.74, 6) is 1.72. The van der Waals surface area contributed by atoms with Gasteiger partial charge in [0.1, 0.15) is 5.82 Å². The molecular weight excluding hydrogens is 318 g/mol. The van der Waals surface area contributed by atoms with E-state index in [1.54, 1.807) is 31.0 Å². The molecule has 1 aromatic heterocycles. The Hall–Kier alpha value is -2.76. The van der Waals surface area contributed by atoms with E-state index in [0.29, 0.717) is 17.1 Å². The Balaban J connectivity index is 1.96. The van der Waals surface area contributed by atoms with Crippen LogP contribution in [-0.2, 0) is 19.9 Å². The van der Waals surface area contributed by atoms with Gasteiger partial charge in [-0.2, -0.15) is 5.10 Å². The number of benzene rings is 1. The molecule has 0 spiro atoms. The number of allylic oxidation sites excluding steroid dienone is 1. The average Bonchev–Trinajstić information content (AvgIpc) is 3.16. The quantitative estimate of drug-likeness (QED) is 0.907. The van der Waals surface area contributed by atoms with Gasteiger partial charge in [0.2, 0.25) is 0 Å². The van der Waals surface area contributed by atoms with Crippen LogP contribution in [0.4, 0.5) is 5.82 Å². The monoisotopic (exact) mass is 341 g/mol. The summed E-state index contributed by atoms with van der Waals surface area (Å²) in [7, 11) is 5.00. The summed E-state index contributed by atoms with van der Waals surface area (Å²) in [6.45, 7) is 1.91. The van der Waals surface area contributed by atoms with Gasteiger partial charge in [0.25, 0.3) is 5.91 Å². The van der Waals surface area contributed by atoms with Crippen molar-refractivity contribution < 1.29 is 14.3 Å². The third-order valence-corrected chi connectivity index (χ3v) is 4.42. The van der Waals surface area contributed by atoms with Crippen LogP contribution in [0.2, 0.25) is 0 Å². The number of ether oxygens (including phenoxy) is 2. The molecule has 3 rings (SSSR count). The lowest BCUT2D eigenvalue weighted by Gasteiger charge is -2.14. The first-order valence-electron chi connectivity index (χ1n) is 8.33. The van der Waals surface area contributed by atoms with Crippen molar-refractivity contribution >= 4 is 17.8 Å². The Labute approximate surface area is 147 Å². The summed E-state index contributed by atoms with van der Waals surface area (Å²) >= 11 is 0. The minimum atomic E-state index is -0.190. The fraction of sp³-hybridized carbons (Fsp3) is 0.368. The molecule has 0 bridgehead atoms. The lowest BCUT2D eigenvalue weighted by Crippen LogP contribution is -2.16. The summed E-state index contributed by atoms with van der Waals surface area (Å²) in [6.07, 6.45) is 6.80. The molecule has 0 saturated carbocycles. The maximum Gasteiger partial charge on any atom is 0.256 e. The van der Waals surface area contributed by atoms with Gasteiger partial charge in [-0.15, -0.1) is 0 Å². The molecule has 1 aliphatic rings. The van der Waals surface area contributed by atoms with E-state index < -0.39 is 0 Å². The first kappa shape index (κ1) is 17.1. The second-order valence-electron chi connectivity index (χ2n) is 6.01. The standard InChI is InChI=1S/C19H23N3O3/c1-5-7-12-10-13(11-16(24-3)17(12)25-4)19(23)20-18-14-8-6-9-15(14)21-22(18)2/h5,7,10-11H,6,8-9H2,1-4H3,(H,20,23)/b7-5+.